The summed E-state index contributed by atoms with van der Waals surface area (Å²) in [6, 6.07) is 6.68. The lowest BCUT2D eigenvalue weighted by atomic mass is 10.1. The Bertz CT molecular complexity index is 383. The normalized spacial score (nSPS) is 18.6. The standard InChI is InChI=1S/C15H25N3/c1-12-6-7-14(10-15(12)16)17-13(2)11-18-8-4-3-5-9-18/h6-7,10,13,17H,3-5,8-9,11,16H2,1-2H3. The van der Waals surface area contributed by atoms with Crippen LogP contribution in [0.15, 0.2) is 18.2 Å². The Morgan fingerprint density at radius 2 is 2.00 bits per heavy atom. The fraction of sp³-hybridized carbons (Fsp3) is 0.600. The fourth-order valence-corrected chi connectivity index (χ4v) is 2.59. The zero-order valence-electron chi connectivity index (χ0n) is 11.6. The van der Waals surface area contributed by atoms with Crippen molar-refractivity contribution in [1.29, 1.82) is 0 Å². The number of benzene rings is 1. The molecule has 100 valence electrons. The van der Waals surface area contributed by atoms with Crippen LogP contribution in [0.2, 0.25) is 0 Å². The first-order valence-electron chi connectivity index (χ1n) is 7.00. The van der Waals surface area contributed by atoms with Crippen molar-refractivity contribution in [3.63, 3.8) is 0 Å². The number of nitrogens with one attached hydrogen (secondary N) is 1. The zero-order valence-corrected chi connectivity index (χ0v) is 11.6. The van der Waals surface area contributed by atoms with Gasteiger partial charge in [-0.2, -0.15) is 0 Å². The molecule has 0 radical (unpaired) electrons. The van der Waals surface area contributed by atoms with Crippen LogP contribution in [0.3, 0.4) is 0 Å². The van der Waals surface area contributed by atoms with E-state index < -0.39 is 0 Å². The number of hydrogen-bond acceptors (Lipinski definition) is 3. The van der Waals surface area contributed by atoms with Crippen LogP contribution in [0.4, 0.5) is 11.4 Å². The van der Waals surface area contributed by atoms with Crippen LogP contribution >= 0.6 is 0 Å². The predicted octanol–water partition coefficient (Wildman–Crippen LogP) is 2.86. The van der Waals surface area contributed by atoms with Gasteiger partial charge in [-0.05, 0) is 57.5 Å². The highest BCUT2D eigenvalue weighted by molar-refractivity contribution is 5.58. The molecule has 0 aromatic heterocycles. The topological polar surface area (TPSA) is 41.3 Å². The van der Waals surface area contributed by atoms with Gasteiger partial charge in [0.1, 0.15) is 0 Å². The lowest BCUT2D eigenvalue weighted by Crippen LogP contribution is -2.38. The third-order valence-electron chi connectivity index (χ3n) is 3.67. The van der Waals surface area contributed by atoms with E-state index in [9.17, 15) is 0 Å². The van der Waals surface area contributed by atoms with E-state index in [1.54, 1.807) is 0 Å². The van der Waals surface area contributed by atoms with Crippen molar-refractivity contribution in [3.05, 3.63) is 23.8 Å². The third-order valence-corrected chi connectivity index (χ3v) is 3.67. The molecule has 1 aliphatic heterocycles. The molecule has 1 saturated heterocycles. The van der Waals surface area contributed by atoms with Crippen molar-refractivity contribution in [2.45, 2.75) is 39.2 Å². The summed E-state index contributed by atoms with van der Waals surface area (Å²) in [6.07, 6.45) is 4.10. The van der Waals surface area contributed by atoms with Crippen LogP contribution in [0, 0.1) is 6.92 Å². The van der Waals surface area contributed by atoms with Gasteiger partial charge in [-0.25, -0.2) is 0 Å². The van der Waals surface area contributed by atoms with E-state index in [0.717, 1.165) is 23.5 Å². The smallest absolute Gasteiger partial charge is 0.0364 e. The molecule has 1 aromatic carbocycles. The maximum Gasteiger partial charge on any atom is 0.0364 e. The summed E-state index contributed by atoms with van der Waals surface area (Å²) >= 11 is 0. The zero-order chi connectivity index (χ0) is 13.0. The van der Waals surface area contributed by atoms with Crippen molar-refractivity contribution in [1.82, 2.24) is 4.90 Å². The maximum atomic E-state index is 5.93. The maximum absolute atomic E-state index is 5.93. The van der Waals surface area contributed by atoms with E-state index >= 15 is 0 Å². The number of aryl methyl sites for hydroxylation is 1. The van der Waals surface area contributed by atoms with Crippen molar-refractivity contribution in [2.75, 3.05) is 30.7 Å². The molecule has 2 rings (SSSR count). The molecular formula is C15H25N3. The first-order valence-corrected chi connectivity index (χ1v) is 7.00. The Morgan fingerprint density at radius 1 is 1.28 bits per heavy atom. The second-order valence-electron chi connectivity index (χ2n) is 5.48. The van der Waals surface area contributed by atoms with Gasteiger partial charge in [0.15, 0.2) is 0 Å². The third kappa shape index (κ3) is 3.64. The number of hydrogen-bond donors (Lipinski definition) is 2. The summed E-state index contributed by atoms with van der Waals surface area (Å²) in [7, 11) is 0. The van der Waals surface area contributed by atoms with Gasteiger partial charge in [-0.15, -0.1) is 0 Å². The second-order valence-corrected chi connectivity index (χ2v) is 5.48. The summed E-state index contributed by atoms with van der Waals surface area (Å²) in [5.74, 6) is 0. The minimum absolute atomic E-state index is 0.463. The Labute approximate surface area is 110 Å². The Kier molecular flexibility index (Phi) is 4.48. The van der Waals surface area contributed by atoms with Crippen LogP contribution in [0.1, 0.15) is 31.7 Å². The van der Waals surface area contributed by atoms with Crippen molar-refractivity contribution >= 4 is 11.4 Å². The molecule has 0 amide bonds. The van der Waals surface area contributed by atoms with E-state index in [-0.39, 0.29) is 0 Å². The molecule has 3 N–H and O–H groups in total. The molecule has 1 atom stereocenters. The van der Waals surface area contributed by atoms with Crippen LogP contribution in [0.5, 0.6) is 0 Å². The number of nitrogen functional groups attached to an aromatic ring is 1. The van der Waals surface area contributed by atoms with Crippen LogP contribution in [-0.4, -0.2) is 30.6 Å². The van der Waals surface area contributed by atoms with Gasteiger partial charge in [0.2, 0.25) is 0 Å². The van der Waals surface area contributed by atoms with Crippen molar-refractivity contribution < 1.29 is 0 Å². The average molecular weight is 247 g/mol. The van der Waals surface area contributed by atoms with Crippen molar-refractivity contribution in [2.24, 2.45) is 0 Å². The molecule has 1 heterocycles. The SMILES string of the molecule is Cc1ccc(NC(C)CN2CCCCC2)cc1N. The monoisotopic (exact) mass is 247 g/mol. The van der Waals surface area contributed by atoms with Gasteiger partial charge in [0, 0.05) is 24.0 Å². The number of nitrogens with two attached hydrogens (primary N) is 1. The molecule has 0 aliphatic carbocycles. The molecule has 0 spiro atoms. The molecule has 0 bridgehead atoms. The first-order chi connectivity index (χ1) is 8.65. The van der Waals surface area contributed by atoms with E-state index in [2.05, 4.69) is 29.3 Å². The highest BCUT2D eigenvalue weighted by Crippen LogP contribution is 2.18. The average Bonchev–Trinajstić information content (AvgIpc) is 2.35. The molecule has 18 heavy (non-hydrogen) atoms. The van der Waals surface area contributed by atoms with Gasteiger partial charge >= 0.3 is 0 Å². The molecule has 1 aliphatic rings. The summed E-state index contributed by atoms with van der Waals surface area (Å²) in [6.45, 7) is 7.90. The highest BCUT2D eigenvalue weighted by Gasteiger charge is 2.13. The largest absolute Gasteiger partial charge is 0.398 e. The van der Waals surface area contributed by atoms with E-state index in [0.29, 0.717) is 6.04 Å². The van der Waals surface area contributed by atoms with E-state index in [1.807, 2.05) is 13.0 Å². The summed E-state index contributed by atoms with van der Waals surface area (Å²) in [4.78, 5) is 2.55. The van der Waals surface area contributed by atoms with E-state index in [4.69, 9.17) is 5.73 Å². The van der Waals surface area contributed by atoms with Gasteiger partial charge < -0.3 is 16.0 Å². The molecule has 3 nitrogen and oxygen atoms in total. The first kappa shape index (κ1) is 13.2. The Hall–Kier alpha value is -1.22. The van der Waals surface area contributed by atoms with Crippen LogP contribution in [0.25, 0.3) is 0 Å². The number of rotatable bonds is 4. The molecule has 1 unspecified atom stereocenters. The van der Waals surface area contributed by atoms with Crippen LogP contribution in [-0.2, 0) is 0 Å². The van der Waals surface area contributed by atoms with Gasteiger partial charge in [-0.1, -0.05) is 12.5 Å². The minimum atomic E-state index is 0.463. The molecule has 1 fully saturated rings. The molecule has 3 heteroatoms. The number of likely N-dealkylation sites (tertiary alicyclic amines) is 1. The van der Waals surface area contributed by atoms with E-state index in [1.165, 1.54) is 32.4 Å². The van der Waals surface area contributed by atoms with Gasteiger partial charge in [0.05, 0.1) is 0 Å². The van der Waals surface area contributed by atoms with Gasteiger partial charge in [-0.3, -0.25) is 0 Å². The minimum Gasteiger partial charge on any atom is -0.398 e. The summed E-state index contributed by atoms with van der Waals surface area (Å²) in [5.41, 5.74) is 9.07. The van der Waals surface area contributed by atoms with Gasteiger partial charge in [0.25, 0.3) is 0 Å². The second kappa shape index (κ2) is 6.10. The molecule has 1 aromatic rings. The predicted molar refractivity (Wildman–Crippen MR) is 79.0 cm³/mol. The fourth-order valence-electron chi connectivity index (χ4n) is 2.59. The quantitative estimate of drug-likeness (QED) is 0.804. The lowest BCUT2D eigenvalue weighted by Gasteiger charge is -2.29. The number of nitrogens with zero attached hydrogens (tertiary/aromatic N) is 1. The molecule has 0 saturated carbocycles. The lowest BCUT2D eigenvalue weighted by molar-refractivity contribution is 0.223. The Morgan fingerprint density at radius 3 is 2.67 bits per heavy atom. The van der Waals surface area contributed by atoms with Crippen LogP contribution < -0.4 is 11.1 Å². The van der Waals surface area contributed by atoms with Crippen molar-refractivity contribution in [3.8, 4) is 0 Å². The molecular weight excluding hydrogens is 222 g/mol. The Balaban J connectivity index is 1.85. The summed E-state index contributed by atoms with van der Waals surface area (Å²) < 4.78 is 0. The number of piperidine rings is 1. The summed E-state index contributed by atoms with van der Waals surface area (Å²) in [5, 5.41) is 3.54. The highest BCUT2D eigenvalue weighted by atomic mass is 15.1. The number of anilines is 2.